The van der Waals surface area contributed by atoms with Gasteiger partial charge < -0.3 is 14.5 Å². The van der Waals surface area contributed by atoms with Gasteiger partial charge in [0.2, 0.25) is 5.91 Å². The van der Waals surface area contributed by atoms with E-state index < -0.39 is 0 Å². The van der Waals surface area contributed by atoms with Gasteiger partial charge in [0.05, 0.1) is 13.2 Å². The first kappa shape index (κ1) is 25.1. The van der Waals surface area contributed by atoms with Gasteiger partial charge in [0, 0.05) is 47.9 Å². The summed E-state index contributed by atoms with van der Waals surface area (Å²) in [7, 11) is 3.81. The molecule has 0 N–H and O–H groups in total. The third kappa shape index (κ3) is 6.79. The normalized spacial score (nSPS) is 22.6. The number of benzene rings is 2. The predicted octanol–water partition coefficient (Wildman–Crippen LogP) is 4.67. The number of amides is 1. The van der Waals surface area contributed by atoms with Crippen LogP contribution in [0.25, 0.3) is 6.08 Å². The van der Waals surface area contributed by atoms with Crippen LogP contribution >= 0.6 is 23.4 Å². The Bertz CT molecular complexity index is 970. The van der Waals surface area contributed by atoms with E-state index >= 15 is 0 Å². The van der Waals surface area contributed by atoms with Crippen LogP contribution in [0.15, 0.2) is 64.5 Å². The lowest BCUT2D eigenvalue weighted by molar-refractivity contribution is -0.135. The summed E-state index contributed by atoms with van der Waals surface area (Å²) < 4.78 is 5.29. The highest BCUT2D eigenvalue weighted by molar-refractivity contribution is 8.00. The molecule has 34 heavy (non-hydrogen) atoms. The Morgan fingerprint density at radius 2 is 1.85 bits per heavy atom. The number of likely N-dealkylation sites (tertiary alicyclic amines) is 1. The number of hydrogen-bond acceptors (Lipinski definition) is 5. The third-order valence-electron chi connectivity index (χ3n) is 6.52. The number of hydrogen-bond donors (Lipinski definition) is 0. The van der Waals surface area contributed by atoms with E-state index in [1.807, 2.05) is 60.3 Å². The van der Waals surface area contributed by atoms with E-state index in [-0.39, 0.29) is 11.9 Å². The van der Waals surface area contributed by atoms with E-state index in [1.54, 1.807) is 7.11 Å². The number of likely N-dealkylation sites (N-methyl/N-ethyl adjacent to an activating group) is 1. The zero-order valence-electron chi connectivity index (χ0n) is 20.0. The first-order valence-corrected chi connectivity index (χ1v) is 13.2. The van der Waals surface area contributed by atoms with Gasteiger partial charge in [-0.3, -0.25) is 9.69 Å². The zero-order valence-corrected chi connectivity index (χ0v) is 21.6. The fraction of sp³-hybridized carbons (Fsp3) is 0.444. The van der Waals surface area contributed by atoms with Crippen LogP contribution in [-0.2, 0) is 4.79 Å². The number of ether oxygens (including phenoxy) is 1. The van der Waals surface area contributed by atoms with Gasteiger partial charge >= 0.3 is 0 Å². The lowest BCUT2D eigenvalue weighted by Gasteiger charge is -2.29. The molecule has 0 aromatic heterocycles. The molecule has 182 valence electrons. The molecular weight excluding hydrogens is 466 g/mol. The summed E-state index contributed by atoms with van der Waals surface area (Å²) in [4.78, 5) is 21.5. The molecule has 0 aliphatic carbocycles. The van der Waals surface area contributed by atoms with Crippen LogP contribution in [0.5, 0.6) is 5.75 Å². The third-order valence-corrected chi connectivity index (χ3v) is 7.97. The lowest BCUT2D eigenvalue weighted by atomic mass is 10.1. The van der Waals surface area contributed by atoms with Crippen LogP contribution in [0.4, 0.5) is 0 Å². The smallest absolute Gasteiger partial charge is 0.240 e. The average Bonchev–Trinajstić information content (AvgIpc) is 3.09. The van der Waals surface area contributed by atoms with Crippen molar-refractivity contribution in [2.24, 2.45) is 0 Å². The molecule has 1 amide bonds. The van der Waals surface area contributed by atoms with Crippen molar-refractivity contribution in [3.63, 3.8) is 0 Å². The first-order valence-electron chi connectivity index (χ1n) is 11.9. The van der Waals surface area contributed by atoms with Crippen molar-refractivity contribution < 1.29 is 9.53 Å². The first-order chi connectivity index (χ1) is 16.5. The number of methoxy groups -OCH3 is 1. The highest BCUT2D eigenvalue weighted by Crippen LogP contribution is 2.35. The summed E-state index contributed by atoms with van der Waals surface area (Å²) in [6.07, 6.45) is 3.86. The SMILES string of the molecule is COc1ccc(S[C@@H]2C[C@@H](C(=O)N3CCCN(C)CC3)N(CC(Cl)=Cc3ccccc3)C2)cc1. The van der Waals surface area contributed by atoms with Crippen LogP contribution in [0.1, 0.15) is 18.4 Å². The molecule has 4 rings (SSSR count). The van der Waals surface area contributed by atoms with Gasteiger partial charge in [-0.25, -0.2) is 0 Å². The summed E-state index contributed by atoms with van der Waals surface area (Å²) >= 11 is 8.54. The number of thioether (sulfide) groups is 1. The molecule has 0 unspecified atom stereocenters. The molecule has 2 aromatic rings. The Labute approximate surface area is 212 Å². The van der Waals surface area contributed by atoms with E-state index in [0.717, 1.165) is 61.9 Å². The van der Waals surface area contributed by atoms with Crippen molar-refractivity contribution in [2.45, 2.75) is 29.0 Å². The maximum atomic E-state index is 13.7. The Morgan fingerprint density at radius 3 is 2.59 bits per heavy atom. The van der Waals surface area contributed by atoms with E-state index in [4.69, 9.17) is 16.3 Å². The molecule has 0 spiro atoms. The van der Waals surface area contributed by atoms with Crippen molar-refractivity contribution >= 4 is 35.3 Å². The molecule has 2 heterocycles. The van der Waals surface area contributed by atoms with Gasteiger partial charge in [-0.2, -0.15) is 0 Å². The van der Waals surface area contributed by atoms with Crippen LogP contribution in [0.3, 0.4) is 0 Å². The van der Waals surface area contributed by atoms with Gasteiger partial charge in [-0.15, -0.1) is 11.8 Å². The highest BCUT2D eigenvalue weighted by Gasteiger charge is 2.39. The Kier molecular flexibility index (Phi) is 8.95. The molecule has 2 aliphatic heterocycles. The van der Waals surface area contributed by atoms with Gasteiger partial charge in [-0.05, 0) is 62.3 Å². The van der Waals surface area contributed by atoms with Crippen molar-refractivity contribution in [3.05, 3.63) is 65.2 Å². The highest BCUT2D eigenvalue weighted by atomic mass is 35.5. The summed E-state index contributed by atoms with van der Waals surface area (Å²) in [5, 5.41) is 1.09. The van der Waals surface area contributed by atoms with Gasteiger partial charge in [0.1, 0.15) is 5.75 Å². The summed E-state index contributed by atoms with van der Waals surface area (Å²) in [6.45, 7) is 5.01. The maximum Gasteiger partial charge on any atom is 0.240 e. The fourth-order valence-electron chi connectivity index (χ4n) is 4.67. The van der Waals surface area contributed by atoms with E-state index in [1.165, 1.54) is 4.90 Å². The second-order valence-corrected chi connectivity index (χ2v) is 10.9. The number of halogens is 1. The van der Waals surface area contributed by atoms with Gasteiger partial charge in [-0.1, -0.05) is 41.9 Å². The Hall–Kier alpha value is -1.99. The quantitative estimate of drug-likeness (QED) is 0.553. The van der Waals surface area contributed by atoms with Crippen molar-refractivity contribution in [3.8, 4) is 5.75 Å². The van der Waals surface area contributed by atoms with Crippen LogP contribution < -0.4 is 4.74 Å². The summed E-state index contributed by atoms with van der Waals surface area (Å²) in [5.74, 6) is 1.10. The number of rotatable bonds is 7. The largest absolute Gasteiger partial charge is 0.497 e. The minimum absolute atomic E-state index is 0.142. The molecule has 2 aromatic carbocycles. The lowest BCUT2D eigenvalue weighted by Crippen LogP contribution is -2.47. The summed E-state index contributed by atoms with van der Waals surface area (Å²) in [6, 6.07) is 18.1. The van der Waals surface area contributed by atoms with Crippen LogP contribution in [0, 0.1) is 0 Å². The van der Waals surface area contributed by atoms with Crippen molar-refractivity contribution in [1.29, 1.82) is 0 Å². The zero-order chi connectivity index (χ0) is 23.9. The number of carbonyl (C=O) groups excluding carboxylic acids is 1. The van der Waals surface area contributed by atoms with Crippen LogP contribution in [-0.4, -0.2) is 85.3 Å². The predicted molar refractivity (Wildman–Crippen MR) is 142 cm³/mol. The Balaban J connectivity index is 1.48. The molecule has 2 fully saturated rings. The van der Waals surface area contributed by atoms with E-state index in [9.17, 15) is 4.79 Å². The minimum atomic E-state index is -0.142. The molecule has 0 bridgehead atoms. The fourth-order valence-corrected chi connectivity index (χ4v) is 6.17. The number of carbonyl (C=O) groups is 1. The topological polar surface area (TPSA) is 36.0 Å². The molecule has 7 heteroatoms. The average molecular weight is 500 g/mol. The molecule has 2 aliphatic rings. The molecule has 5 nitrogen and oxygen atoms in total. The van der Waals surface area contributed by atoms with Crippen molar-refractivity contribution in [2.75, 3.05) is 53.4 Å². The van der Waals surface area contributed by atoms with Gasteiger partial charge in [0.25, 0.3) is 0 Å². The van der Waals surface area contributed by atoms with Crippen molar-refractivity contribution in [1.82, 2.24) is 14.7 Å². The molecular formula is C27H34ClN3O2S. The maximum absolute atomic E-state index is 13.7. The van der Waals surface area contributed by atoms with Gasteiger partial charge in [0.15, 0.2) is 0 Å². The minimum Gasteiger partial charge on any atom is -0.497 e. The molecule has 0 radical (unpaired) electrons. The van der Waals surface area contributed by atoms with E-state index in [2.05, 4.69) is 33.9 Å². The monoisotopic (exact) mass is 499 g/mol. The molecule has 2 atom stereocenters. The second-order valence-electron chi connectivity index (χ2n) is 9.08. The standard InChI is InChI=1S/C27H34ClN3O2S/c1-29-13-6-14-30(16-15-29)27(32)26-18-25(34-24-11-9-23(33-2)10-12-24)20-31(26)19-22(28)17-21-7-4-3-5-8-21/h3-5,7-12,17,25-26H,6,13-16,18-20H2,1-2H3/t25-,26+/m1/s1. The number of nitrogens with zero attached hydrogens (tertiary/aromatic N) is 3. The summed E-state index contributed by atoms with van der Waals surface area (Å²) in [5.41, 5.74) is 1.08. The van der Waals surface area contributed by atoms with Crippen LogP contribution in [0.2, 0.25) is 0 Å². The molecule has 2 saturated heterocycles. The van der Waals surface area contributed by atoms with E-state index in [0.29, 0.717) is 11.8 Å². The Morgan fingerprint density at radius 1 is 1.09 bits per heavy atom. The second kappa shape index (κ2) is 12.1. The molecule has 0 saturated carbocycles.